The van der Waals surface area contributed by atoms with Crippen LogP contribution in [-0.2, 0) is 16.8 Å². The molecule has 4 N–H and O–H groups in total. The standard InChI is InChI=1S/C24H30ClN5OS/c1-31-12-11-27-18-7-9-24(26,10-8-18)22-13-19(20(25)15-28-22)21-16-32-23(30-21)29-14-17-5-3-2-4-6-17/h2-6,13,15-16,18,27H,7-12,14,26H2,1H3,(H,29,30). The molecule has 3 aromatic rings. The first-order valence-corrected chi connectivity index (χ1v) is 12.2. The summed E-state index contributed by atoms with van der Waals surface area (Å²) in [7, 11) is 1.72. The Morgan fingerprint density at radius 3 is 2.78 bits per heavy atom. The third-order valence-electron chi connectivity index (χ3n) is 6.05. The van der Waals surface area contributed by atoms with E-state index in [0.29, 0.717) is 11.1 Å². The molecule has 1 fully saturated rings. The van der Waals surface area contributed by atoms with Crippen LogP contribution in [0, 0.1) is 0 Å². The van der Waals surface area contributed by atoms with Crippen molar-refractivity contribution < 1.29 is 4.74 Å². The van der Waals surface area contributed by atoms with Crippen molar-refractivity contribution in [3.63, 3.8) is 0 Å². The van der Waals surface area contributed by atoms with Crippen LogP contribution in [0.5, 0.6) is 0 Å². The zero-order chi connectivity index (χ0) is 22.4. The first-order chi connectivity index (χ1) is 15.6. The molecule has 4 rings (SSSR count). The van der Waals surface area contributed by atoms with E-state index in [0.717, 1.165) is 67.5 Å². The molecule has 0 radical (unpaired) electrons. The number of nitrogens with one attached hydrogen (secondary N) is 2. The van der Waals surface area contributed by atoms with E-state index >= 15 is 0 Å². The van der Waals surface area contributed by atoms with Crippen LogP contribution in [0.15, 0.2) is 48.0 Å². The van der Waals surface area contributed by atoms with Gasteiger partial charge >= 0.3 is 0 Å². The second-order valence-electron chi connectivity index (χ2n) is 8.30. The zero-order valence-corrected chi connectivity index (χ0v) is 19.9. The number of hydrogen-bond donors (Lipinski definition) is 3. The molecule has 6 nitrogen and oxygen atoms in total. The zero-order valence-electron chi connectivity index (χ0n) is 18.3. The van der Waals surface area contributed by atoms with Crippen LogP contribution in [0.3, 0.4) is 0 Å². The van der Waals surface area contributed by atoms with Gasteiger partial charge in [0.25, 0.3) is 0 Å². The van der Waals surface area contributed by atoms with Crippen molar-refractivity contribution >= 4 is 28.1 Å². The summed E-state index contributed by atoms with van der Waals surface area (Å²) >= 11 is 8.08. The normalized spacial score (nSPS) is 20.9. The summed E-state index contributed by atoms with van der Waals surface area (Å²) < 4.78 is 5.13. The highest BCUT2D eigenvalue weighted by atomic mass is 35.5. The average molecular weight is 472 g/mol. The van der Waals surface area contributed by atoms with Gasteiger partial charge in [-0.25, -0.2) is 4.98 Å². The topological polar surface area (TPSA) is 85.1 Å². The molecular formula is C24H30ClN5OS. The van der Waals surface area contributed by atoms with Crippen LogP contribution < -0.4 is 16.4 Å². The summed E-state index contributed by atoms with van der Waals surface area (Å²) in [5.74, 6) is 0. The van der Waals surface area contributed by atoms with E-state index in [1.165, 1.54) is 5.56 Å². The quantitative estimate of drug-likeness (QED) is 0.388. The van der Waals surface area contributed by atoms with Gasteiger partial charge in [-0.1, -0.05) is 41.9 Å². The van der Waals surface area contributed by atoms with Gasteiger partial charge in [-0.15, -0.1) is 11.3 Å². The lowest BCUT2D eigenvalue weighted by atomic mass is 9.77. The summed E-state index contributed by atoms with van der Waals surface area (Å²) in [5, 5.41) is 10.4. The van der Waals surface area contributed by atoms with Crippen molar-refractivity contribution in [2.75, 3.05) is 25.6 Å². The third-order valence-corrected chi connectivity index (χ3v) is 7.15. The molecule has 1 aliphatic rings. The lowest BCUT2D eigenvalue weighted by Gasteiger charge is -2.37. The van der Waals surface area contributed by atoms with Gasteiger partial charge in [0.2, 0.25) is 0 Å². The van der Waals surface area contributed by atoms with E-state index in [1.54, 1.807) is 24.6 Å². The molecule has 0 unspecified atom stereocenters. The Bertz CT molecular complexity index is 1000. The van der Waals surface area contributed by atoms with Crippen molar-refractivity contribution in [2.45, 2.75) is 43.8 Å². The van der Waals surface area contributed by atoms with Gasteiger partial charge < -0.3 is 21.1 Å². The summed E-state index contributed by atoms with van der Waals surface area (Å²) in [5.41, 5.74) is 10.2. The van der Waals surface area contributed by atoms with Crippen LogP contribution >= 0.6 is 22.9 Å². The first kappa shape index (κ1) is 23.1. The van der Waals surface area contributed by atoms with E-state index in [9.17, 15) is 0 Å². The van der Waals surface area contributed by atoms with E-state index in [2.05, 4.69) is 27.8 Å². The van der Waals surface area contributed by atoms with Crippen LogP contribution in [0.1, 0.15) is 36.9 Å². The molecule has 0 spiro atoms. The molecule has 0 aliphatic heterocycles. The number of methoxy groups -OCH3 is 1. The number of halogens is 1. The molecule has 0 amide bonds. The molecule has 32 heavy (non-hydrogen) atoms. The van der Waals surface area contributed by atoms with Crippen molar-refractivity contribution in [2.24, 2.45) is 5.73 Å². The highest BCUT2D eigenvalue weighted by molar-refractivity contribution is 7.14. The number of anilines is 1. The van der Waals surface area contributed by atoms with Gasteiger partial charge in [0.15, 0.2) is 5.13 Å². The predicted molar refractivity (Wildman–Crippen MR) is 132 cm³/mol. The fourth-order valence-electron chi connectivity index (χ4n) is 4.12. The molecule has 0 saturated heterocycles. The number of nitrogens with two attached hydrogens (primary N) is 1. The maximum atomic E-state index is 6.82. The van der Waals surface area contributed by atoms with E-state index in [1.807, 2.05) is 29.6 Å². The van der Waals surface area contributed by atoms with Crippen molar-refractivity contribution in [1.82, 2.24) is 15.3 Å². The maximum Gasteiger partial charge on any atom is 0.183 e. The molecule has 1 aromatic carbocycles. The Hall–Kier alpha value is -2.03. The van der Waals surface area contributed by atoms with E-state index in [4.69, 9.17) is 27.1 Å². The number of benzene rings is 1. The predicted octanol–water partition coefficient (Wildman–Crippen LogP) is 4.80. The van der Waals surface area contributed by atoms with E-state index < -0.39 is 5.54 Å². The molecule has 0 bridgehead atoms. The SMILES string of the molecule is COCCNC1CCC(N)(c2cc(-c3csc(NCc4ccccc4)n3)c(Cl)cn2)CC1. The van der Waals surface area contributed by atoms with Gasteiger partial charge in [0.05, 0.1) is 28.6 Å². The molecule has 2 heterocycles. The van der Waals surface area contributed by atoms with Crippen LogP contribution in [0.25, 0.3) is 11.3 Å². The Morgan fingerprint density at radius 1 is 1.25 bits per heavy atom. The number of aromatic nitrogens is 2. The van der Waals surface area contributed by atoms with Gasteiger partial charge in [-0.3, -0.25) is 4.98 Å². The fraction of sp³-hybridized carbons (Fsp3) is 0.417. The minimum atomic E-state index is -0.441. The molecule has 1 aliphatic carbocycles. The molecule has 2 aromatic heterocycles. The first-order valence-electron chi connectivity index (χ1n) is 11.0. The number of nitrogens with zero attached hydrogens (tertiary/aromatic N) is 2. The van der Waals surface area contributed by atoms with Crippen LogP contribution in [-0.4, -0.2) is 36.3 Å². The maximum absolute atomic E-state index is 6.82. The third kappa shape index (κ3) is 5.66. The number of ether oxygens (including phenoxy) is 1. The fourth-order valence-corrected chi connectivity index (χ4v) is 5.03. The largest absolute Gasteiger partial charge is 0.383 e. The number of pyridine rings is 1. The monoisotopic (exact) mass is 471 g/mol. The Labute approximate surface area is 198 Å². The summed E-state index contributed by atoms with van der Waals surface area (Å²) in [6.07, 6.45) is 5.51. The summed E-state index contributed by atoms with van der Waals surface area (Å²) in [4.78, 5) is 9.36. The Balaban J connectivity index is 1.43. The minimum absolute atomic E-state index is 0.441. The summed E-state index contributed by atoms with van der Waals surface area (Å²) in [6, 6.07) is 12.8. The van der Waals surface area contributed by atoms with E-state index in [-0.39, 0.29) is 0 Å². The Morgan fingerprint density at radius 2 is 2.03 bits per heavy atom. The number of rotatable bonds is 9. The molecule has 1 saturated carbocycles. The molecule has 8 heteroatoms. The van der Waals surface area contributed by atoms with Crippen LogP contribution in [0.4, 0.5) is 5.13 Å². The highest BCUT2D eigenvalue weighted by Crippen LogP contribution is 2.38. The number of hydrogen-bond acceptors (Lipinski definition) is 7. The second-order valence-corrected chi connectivity index (χ2v) is 9.57. The highest BCUT2D eigenvalue weighted by Gasteiger charge is 2.34. The van der Waals surface area contributed by atoms with Crippen LogP contribution in [0.2, 0.25) is 5.02 Å². The molecular weight excluding hydrogens is 442 g/mol. The summed E-state index contributed by atoms with van der Waals surface area (Å²) in [6.45, 7) is 2.32. The second kappa shape index (κ2) is 10.7. The van der Waals surface area contributed by atoms with Gasteiger partial charge in [-0.2, -0.15) is 0 Å². The molecule has 170 valence electrons. The molecule has 0 atom stereocenters. The number of thiazole rings is 1. The van der Waals surface area contributed by atoms with Gasteiger partial charge in [-0.05, 0) is 37.3 Å². The Kier molecular flexibility index (Phi) is 7.75. The average Bonchev–Trinajstić information content (AvgIpc) is 3.29. The smallest absolute Gasteiger partial charge is 0.183 e. The van der Waals surface area contributed by atoms with Gasteiger partial charge in [0.1, 0.15) is 0 Å². The minimum Gasteiger partial charge on any atom is -0.383 e. The van der Waals surface area contributed by atoms with Crippen molar-refractivity contribution in [3.8, 4) is 11.3 Å². The van der Waals surface area contributed by atoms with Crippen molar-refractivity contribution in [3.05, 3.63) is 64.3 Å². The van der Waals surface area contributed by atoms with Crippen molar-refractivity contribution in [1.29, 1.82) is 0 Å². The lowest BCUT2D eigenvalue weighted by Crippen LogP contribution is -2.46. The van der Waals surface area contributed by atoms with Gasteiger partial charge in [0, 0.05) is 43.4 Å². The lowest BCUT2D eigenvalue weighted by molar-refractivity contribution is 0.184.